The fourth-order valence-corrected chi connectivity index (χ4v) is 6.09. The molecule has 2 aliphatic heterocycles. The van der Waals surface area contributed by atoms with Crippen LogP contribution in [-0.2, 0) is 27.4 Å². The number of hydrogen-bond acceptors (Lipinski definition) is 13. The molecule has 0 spiro atoms. The van der Waals surface area contributed by atoms with E-state index in [0.717, 1.165) is 6.42 Å². The highest BCUT2D eigenvalue weighted by Gasteiger charge is 2.33. The Bertz CT molecular complexity index is 1370. The molecule has 268 valence electrons. The number of morpholine rings is 2. The highest BCUT2D eigenvalue weighted by molar-refractivity contribution is 14.1. The van der Waals surface area contributed by atoms with Crippen LogP contribution in [0.3, 0.4) is 0 Å². The molecule has 0 aliphatic carbocycles. The monoisotopic (exact) mass is 899 g/mol. The number of ether oxygens (including phenoxy) is 5. The minimum Gasteiger partial charge on any atom is -0.420 e. The molecule has 4 rings (SSSR count). The van der Waals surface area contributed by atoms with E-state index in [1.54, 1.807) is 34.9 Å². The first-order chi connectivity index (χ1) is 22.7. The number of carbonyl (C=O) groups excluding carboxylic acids is 1. The summed E-state index contributed by atoms with van der Waals surface area (Å²) in [5.74, 6) is 1.05. The number of esters is 1. The van der Waals surface area contributed by atoms with Gasteiger partial charge in [-0.2, -0.15) is 4.98 Å². The number of hydrogen-bond donors (Lipinski definition) is 2. The van der Waals surface area contributed by atoms with Crippen molar-refractivity contribution in [3.05, 3.63) is 17.8 Å². The molecule has 4 heterocycles. The number of halogens is 3. The zero-order valence-corrected chi connectivity index (χ0v) is 32.8. The lowest BCUT2D eigenvalue weighted by molar-refractivity contribution is -0.136. The van der Waals surface area contributed by atoms with Gasteiger partial charge >= 0.3 is 5.97 Å². The van der Waals surface area contributed by atoms with Crippen molar-refractivity contribution in [3.63, 3.8) is 0 Å². The van der Waals surface area contributed by atoms with Crippen molar-refractivity contribution in [3.8, 4) is 17.0 Å². The van der Waals surface area contributed by atoms with Crippen LogP contribution in [0, 0.1) is 0 Å². The Hall–Kier alpha value is -1.71. The van der Waals surface area contributed by atoms with E-state index in [4.69, 9.17) is 39.4 Å². The van der Waals surface area contributed by atoms with Crippen LogP contribution in [0.2, 0.25) is 0 Å². The van der Waals surface area contributed by atoms with Crippen LogP contribution < -0.4 is 23.8 Å². The molecule has 3 N–H and O–H groups in total. The van der Waals surface area contributed by atoms with Gasteiger partial charge in [-0.05, 0) is 82.7 Å². The summed E-state index contributed by atoms with van der Waals surface area (Å²) in [6, 6.07) is 1.64. The van der Waals surface area contributed by atoms with Gasteiger partial charge in [0.25, 0.3) is 0 Å². The number of anilines is 3. The van der Waals surface area contributed by atoms with Gasteiger partial charge in [0, 0.05) is 49.9 Å². The molecule has 48 heavy (non-hydrogen) atoms. The van der Waals surface area contributed by atoms with E-state index >= 15 is 4.39 Å². The Labute approximate surface area is 310 Å². The lowest BCUT2D eigenvalue weighted by atomic mass is 10.0. The second kappa shape index (κ2) is 17.5. The van der Waals surface area contributed by atoms with E-state index in [1.165, 1.54) is 6.92 Å². The fraction of sp³-hybridized carbons (Fsp3) is 0.688. The lowest BCUT2D eigenvalue weighted by Gasteiger charge is -2.32. The molecule has 2 aromatic heterocycles. The maximum atomic E-state index is 15.9. The molecule has 2 saturated heterocycles. The minimum absolute atomic E-state index is 0.0651. The molecule has 0 radical (unpaired) electrons. The topological polar surface area (TPSA) is 146 Å². The number of carbonyl (C=O) groups is 1. The molecule has 16 heteroatoms. The Morgan fingerprint density at radius 1 is 0.979 bits per heavy atom. The van der Waals surface area contributed by atoms with Gasteiger partial charge in [0.1, 0.15) is 11.5 Å². The summed E-state index contributed by atoms with van der Waals surface area (Å²) >= 11 is 3.71. The number of rotatable bonds is 16. The quantitative estimate of drug-likeness (QED) is 0.0752. The van der Waals surface area contributed by atoms with Crippen LogP contribution in [0.4, 0.5) is 22.0 Å². The van der Waals surface area contributed by atoms with Gasteiger partial charge in [-0.25, -0.2) is 14.4 Å². The summed E-state index contributed by atoms with van der Waals surface area (Å²) in [6.07, 6.45) is 2.77. The third-order valence-electron chi connectivity index (χ3n) is 8.13. The van der Waals surface area contributed by atoms with E-state index in [1.807, 2.05) is 60.4 Å². The average molecular weight is 900 g/mol. The molecule has 1 unspecified atom stereocenters. The molecule has 1 atom stereocenters. The molecular weight excluding hydrogens is 851 g/mol. The van der Waals surface area contributed by atoms with E-state index in [2.05, 4.69) is 8.51 Å². The van der Waals surface area contributed by atoms with Gasteiger partial charge in [-0.15, -0.1) is 0 Å². The van der Waals surface area contributed by atoms with Crippen LogP contribution in [-0.4, -0.2) is 104 Å². The van der Waals surface area contributed by atoms with Crippen molar-refractivity contribution in [2.45, 2.75) is 68.8 Å². The SMILES string of the molecule is CC(C)(CCN)OCCOC(C)(C)CCC(=O)Oc1c(-c2cnc(NI)cc2C(C)(F)I)nc(N2CCOCC2)nc1N1CCOCC1. The van der Waals surface area contributed by atoms with E-state index in [9.17, 15) is 4.79 Å². The van der Waals surface area contributed by atoms with Crippen molar-refractivity contribution < 1.29 is 32.9 Å². The Kier molecular flexibility index (Phi) is 14.2. The van der Waals surface area contributed by atoms with Crippen molar-refractivity contribution in [1.29, 1.82) is 0 Å². The molecule has 0 saturated carbocycles. The first kappa shape index (κ1) is 39.1. The number of nitrogens with two attached hydrogens (primary N) is 1. The van der Waals surface area contributed by atoms with Crippen molar-refractivity contribution >= 4 is 69.0 Å². The minimum atomic E-state index is -1.80. The van der Waals surface area contributed by atoms with Crippen molar-refractivity contribution in [1.82, 2.24) is 15.0 Å². The third-order valence-corrected chi connectivity index (χ3v) is 9.27. The van der Waals surface area contributed by atoms with Gasteiger partial charge < -0.3 is 42.7 Å². The molecule has 0 bridgehead atoms. The van der Waals surface area contributed by atoms with E-state index in [-0.39, 0.29) is 23.5 Å². The number of alkyl halides is 2. The number of pyridine rings is 1. The predicted octanol–water partition coefficient (Wildman–Crippen LogP) is 5.18. The standard InChI is InChI=1S/C32H48FI2N7O6/c1-30(2,46-18-19-47-31(3,4)8-9-36)7-6-25(43)48-27-26(22-21-37-24(40-35)20-23(22)32(5,33)34)38-29(42-12-16-45-17-13-42)39-28(27)41-10-14-44-15-11-41/h20-21H,6-19,36H2,1-5H3,(H,37,40). The van der Waals surface area contributed by atoms with Gasteiger partial charge in [0.2, 0.25) is 5.95 Å². The fourth-order valence-electron chi connectivity index (χ4n) is 5.35. The number of aromatic nitrogens is 3. The van der Waals surface area contributed by atoms with Crippen LogP contribution >= 0.6 is 45.5 Å². The largest absolute Gasteiger partial charge is 0.420 e. The van der Waals surface area contributed by atoms with Crippen LogP contribution in [0.5, 0.6) is 5.75 Å². The maximum absolute atomic E-state index is 15.9. The summed E-state index contributed by atoms with van der Waals surface area (Å²) in [4.78, 5) is 32.1. The predicted molar refractivity (Wildman–Crippen MR) is 200 cm³/mol. The molecule has 2 aliphatic rings. The Morgan fingerprint density at radius 3 is 2.12 bits per heavy atom. The summed E-state index contributed by atoms with van der Waals surface area (Å²) in [5.41, 5.74) is 5.76. The Balaban J connectivity index is 1.67. The van der Waals surface area contributed by atoms with Crippen LogP contribution in [0.25, 0.3) is 11.3 Å². The van der Waals surface area contributed by atoms with E-state index in [0.29, 0.717) is 107 Å². The van der Waals surface area contributed by atoms with Gasteiger partial charge in [-0.3, -0.25) is 4.79 Å². The summed E-state index contributed by atoms with van der Waals surface area (Å²) in [5, 5.41) is 0. The first-order valence-electron chi connectivity index (χ1n) is 16.2. The second-order valence-corrected chi connectivity index (χ2v) is 15.6. The Morgan fingerprint density at radius 2 is 1.56 bits per heavy atom. The first-order valence-corrected chi connectivity index (χ1v) is 18.4. The van der Waals surface area contributed by atoms with E-state index < -0.39 is 15.2 Å². The lowest BCUT2D eigenvalue weighted by Crippen LogP contribution is -2.40. The average Bonchev–Trinajstić information content (AvgIpc) is 3.06. The normalized spacial score (nSPS) is 17.3. The third kappa shape index (κ3) is 11.1. The molecule has 2 fully saturated rings. The molecule has 0 aromatic carbocycles. The van der Waals surface area contributed by atoms with Crippen molar-refractivity contribution in [2.75, 3.05) is 85.7 Å². The smallest absolute Gasteiger partial charge is 0.311 e. The summed E-state index contributed by atoms with van der Waals surface area (Å²) in [7, 11) is 0. The second-order valence-electron chi connectivity index (χ2n) is 13.1. The zero-order valence-electron chi connectivity index (χ0n) is 28.5. The van der Waals surface area contributed by atoms with Crippen molar-refractivity contribution in [2.24, 2.45) is 5.73 Å². The maximum Gasteiger partial charge on any atom is 0.311 e. The summed E-state index contributed by atoms with van der Waals surface area (Å²) in [6.45, 7) is 14.9. The number of nitrogens with zero attached hydrogens (tertiary/aromatic N) is 5. The van der Waals surface area contributed by atoms with Gasteiger partial charge in [-0.1, -0.05) is 0 Å². The van der Waals surface area contributed by atoms with Gasteiger partial charge in [0.05, 0.1) is 73.7 Å². The molecule has 2 aromatic rings. The summed E-state index contributed by atoms with van der Waals surface area (Å²) < 4.78 is 46.4. The van der Waals surface area contributed by atoms with Gasteiger partial charge in [0.15, 0.2) is 15.2 Å². The molecule has 0 amide bonds. The number of nitrogens with one attached hydrogen (secondary N) is 1. The van der Waals surface area contributed by atoms with Crippen LogP contribution in [0.15, 0.2) is 12.3 Å². The molecular formula is C32H48FI2N7O6. The highest BCUT2D eigenvalue weighted by atomic mass is 127. The van der Waals surface area contributed by atoms with Crippen LogP contribution in [0.1, 0.15) is 59.4 Å². The molecule has 13 nitrogen and oxygen atoms in total. The zero-order chi connectivity index (χ0) is 35.0. The highest BCUT2D eigenvalue weighted by Crippen LogP contribution is 2.45.